The molecule has 0 radical (unpaired) electrons. The lowest BCUT2D eigenvalue weighted by Gasteiger charge is -2.29. The third-order valence-corrected chi connectivity index (χ3v) is 6.39. The average Bonchev–Trinajstić information content (AvgIpc) is 3.25. The summed E-state index contributed by atoms with van der Waals surface area (Å²) >= 11 is 7.00. The van der Waals surface area contributed by atoms with Crippen LogP contribution in [0.5, 0.6) is 0 Å². The predicted molar refractivity (Wildman–Crippen MR) is 131 cm³/mol. The SMILES string of the molecule is CC(C)CN[C@H](CNC(=O)c1ccc(Cl)s1)C(=O)Nc1ccc(N2CCOCC2=O)c(C(F)F)c1. The number of nitrogens with one attached hydrogen (secondary N) is 3. The summed E-state index contributed by atoms with van der Waals surface area (Å²) < 4.78 is 33.2. The Morgan fingerprint density at radius 1 is 1.20 bits per heavy atom. The van der Waals surface area contributed by atoms with Gasteiger partial charge in [-0.25, -0.2) is 8.78 Å². The predicted octanol–water partition coefficient (Wildman–Crippen LogP) is 3.69. The third kappa shape index (κ3) is 7.44. The van der Waals surface area contributed by atoms with Gasteiger partial charge in [-0.1, -0.05) is 25.4 Å². The summed E-state index contributed by atoms with van der Waals surface area (Å²) in [6, 6.07) is 6.40. The van der Waals surface area contributed by atoms with Crippen LogP contribution in [0.2, 0.25) is 4.34 Å². The first kappa shape index (κ1) is 27.0. The highest BCUT2D eigenvalue weighted by molar-refractivity contribution is 7.18. The van der Waals surface area contributed by atoms with Crippen LogP contribution in [-0.2, 0) is 14.3 Å². The number of halogens is 3. The fourth-order valence-corrected chi connectivity index (χ4v) is 4.37. The van der Waals surface area contributed by atoms with Crippen LogP contribution in [0.1, 0.15) is 35.5 Å². The van der Waals surface area contributed by atoms with Gasteiger partial charge in [-0.3, -0.25) is 14.4 Å². The Balaban J connectivity index is 1.73. The van der Waals surface area contributed by atoms with Crippen molar-refractivity contribution in [2.75, 3.05) is 43.1 Å². The standard InChI is InChI=1S/C23H27ClF2N4O4S/c1-13(2)10-27-16(11-28-23(33)18-5-6-19(24)35-18)22(32)29-14-3-4-17(15(9-14)21(25)26)30-7-8-34-12-20(30)31/h3-6,9,13,16,21,27H,7-8,10-12H2,1-2H3,(H,28,33)(H,29,32)/t16-/m1/s1. The van der Waals surface area contributed by atoms with Crippen molar-refractivity contribution in [1.29, 1.82) is 0 Å². The summed E-state index contributed by atoms with van der Waals surface area (Å²) in [4.78, 5) is 39.1. The van der Waals surface area contributed by atoms with Crippen molar-refractivity contribution in [1.82, 2.24) is 10.6 Å². The zero-order valence-electron chi connectivity index (χ0n) is 19.3. The van der Waals surface area contributed by atoms with Crippen LogP contribution in [0, 0.1) is 5.92 Å². The van der Waals surface area contributed by atoms with E-state index in [-0.39, 0.29) is 55.1 Å². The van der Waals surface area contributed by atoms with E-state index in [0.29, 0.717) is 15.8 Å². The van der Waals surface area contributed by atoms with Gasteiger partial charge in [0.15, 0.2) is 0 Å². The van der Waals surface area contributed by atoms with Crippen molar-refractivity contribution in [3.8, 4) is 0 Å². The molecule has 3 amide bonds. The summed E-state index contributed by atoms with van der Waals surface area (Å²) in [6.07, 6.45) is -2.86. The summed E-state index contributed by atoms with van der Waals surface area (Å²) in [7, 11) is 0. The lowest BCUT2D eigenvalue weighted by Crippen LogP contribution is -2.49. The maximum Gasteiger partial charge on any atom is 0.265 e. The van der Waals surface area contributed by atoms with Crippen LogP contribution in [-0.4, -0.2) is 56.6 Å². The second kappa shape index (κ2) is 12.4. The number of carbonyl (C=O) groups is 3. The maximum absolute atomic E-state index is 13.8. The van der Waals surface area contributed by atoms with Gasteiger partial charge in [0.05, 0.1) is 21.5 Å². The van der Waals surface area contributed by atoms with Crippen molar-refractivity contribution in [3.05, 3.63) is 45.1 Å². The number of ether oxygens (including phenoxy) is 1. The molecule has 0 bridgehead atoms. The largest absolute Gasteiger partial charge is 0.370 e. The van der Waals surface area contributed by atoms with E-state index in [9.17, 15) is 23.2 Å². The molecule has 1 aromatic heterocycles. The first-order valence-corrected chi connectivity index (χ1v) is 12.2. The second-order valence-electron chi connectivity index (χ2n) is 8.33. The highest BCUT2D eigenvalue weighted by Gasteiger charge is 2.26. The molecule has 0 spiro atoms. The van der Waals surface area contributed by atoms with Crippen LogP contribution in [0.4, 0.5) is 20.2 Å². The number of hydrogen-bond acceptors (Lipinski definition) is 6. The molecule has 2 aromatic rings. The van der Waals surface area contributed by atoms with Crippen molar-refractivity contribution in [3.63, 3.8) is 0 Å². The van der Waals surface area contributed by atoms with Gasteiger partial charge in [0.25, 0.3) is 18.2 Å². The van der Waals surface area contributed by atoms with Crippen molar-refractivity contribution < 1.29 is 27.9 Å². The smallest absolute Gasteiger partial charge is 0.265 e. The quantitative estimate of drug-likeness (QED) is 0.437. The molecule has 1 atom stereocenters. The minimum Gasteiger partial charge on any atom is -0.370 e. The molecule has 1 aromatic carbocycles. The molecular weight excluding hydrogens is 502 g/mol. The molecule has 1 fully saturated rings. The van der Waals surface area contributed by atoms with Gasteiger partial charge in [0.2, 0.25) is 5.91 Å². The molecule has 0 saturated carbocycles. The van der Waals surface area contributed by atoms with Crippen molar-refractivity contribution in [2.45, 2.75) is 26.3 Å². The number of morpholine rings is 1. The first-order valence-electron chi connectivity index (χ1n) is 11.0. The molecule has 3 N–H and O–H groups in total. The normalized spacial score (nSPS) is 14.9. The molecule has 0 unspecified atom stereocenters. The molecule has 12 heteroatoms. The summed E-state index contributed by atoms with van der Waals surface area (Å²) in [5.74, 6) is -1.04. The number of alkyl halides is 2. The summed E-state index contributed by atoms with van der Waals surface area (Å²) in [5, 5.41) is 8.43. The first-order chi connectivity index (χ1) is 16.7. The molecule has 0 aliphatic carbocycles. The zero-order chi connectivity index (χ0) is 25.5. The van der Waals surface area contributed by atoms with E-state index in [4.69, 9.17) is 16.3 Å². The number of rotatable bonds is 10. The van der Waals surface area contributed by atoms with Crippen molar-refractivity contribution in [2.24, 2.45) is 5.92 Å². The Hall–Kier alpha value is -2.60. The number of thiophene rings is 1. The van der Waals surface area contributed by atoms with E-state index in [1.807, 2.05) is 13.8 Å². The minimum absolute atomic E-state index is 0.0189. The van der Waals surface area contributed by atoms with Gasteiger partial charge in [-0.05, 0) is 42.8 Å². The number of nitrogens with zero attached hydrogens (tertiary/aromatic N) is 1. The van der Waals surface area contributed by atoms with E-state index in [2.05, 4.69) is 16.0 Å². The number of hydrogen-bond donors (Lipinski definition) is 3. The van der Waals surface area contributed by atoms with E-state index in [1.165, 1.54) is 17.0 Å². The Labute approximate surface area is 211 Å². The summed E-state index contributed by atoms with van der Waals surface area (Å²) in [5.41, 5.74) is -0.127. The lowest BCUT2D eigenvalue weighted by atomic mass is 10.1. The Bertz CT molecular complexity index is 1070. The summed E-state index contributed by atoms with van der Waals surface area (Å²) in [6.45, 7) is 4.66. The number of amides is 3. The number of benzene rings is 1. The minimum atomic E-state index is -2.86. The Kier molecular flexibility index (Phi) is 9.55. The van der Waals surface area contributed by atoms with Gasteiger partial charge < -0.3 is 25.6 Å². The molecule has 35 heavy (non-hydrogen) atoms. The number of carbonyl (C=O) groups excluding carboxylic acids is 3. The average molecular weight is 529 g/mol. The van der Waals surface area contributed by atoms with Crippen LogP contribution < -0.4 is 20.9 Å². The van der Waals surface area contributed by atoms with Gasteiger partial charge in [-0.15, -0.1) is 11.3 Å². The van der Waals surface area contributed by atoms with Gasteiger partial charge in [0.1, 0.15) is 12.6 Å². The lowest BCUT2D eigenvalue weighted by molar-refractivity contribution is -0.125. The molecule has 8 nitrogen and oxygen atoms in total. The Morgan fingerprint density at radius 2 is 1.97 bits per heavy atom. The molecular formula is C23H27ClF2N4O4S. The third-order valence-electron chi connectivity index (χ3n) is 5.16. The van der Waals surface area contributed by atoms with E-state index >= 15 is 0 Å². The van der Waals surface area contributed by atoms with Gasteiger partial charge >= 0.3 is 0 Å². The molecule has 1 aliphatic heterocycles. The van der Waals surface area contributed by atoms with Crippen molar-refractivity contribution >= 4 is 52.0 Å². The second-order valence-corrected chi connectivity index (χ2v) is 10.0. The number of anilines is 2. The van der Waals surface area contributed by atoms with E-state index in [0.717, 1.165) is 17.4 Å². The van der Waals surface area contributed by atoms with Crippen LogP contribution in [0.25, 0.3) is 0 Å². The molecule has 190 valence electrons. The topological polar surface area (TPSA) is 99.8 Å². The molecule has 3 rings (SSSR count). The fourth-order valence-electron chi connectivity index (χ4n) is 3.41. The highest BCUT2D eigenvalue weighted by Crippen LogP contribution is 2.33. The molecule has 1 saturated heterocycles. The van der Waals surface area contributed by atoms with E-state index in [1.54, 1.807) is 12.1 Å². The molecule has 1 aliphatic rings. The fraction of sp³-hybridized carbons (Fsp3) is 0.435. The maximum atomic E-state index is 13.8. The van der Waals surface area contributed by atoms with Crippen LogP contribution >= 0.6 is 22.9 Å². The van der Waals surface area contributed by atoms with Gasteiger partial charge in [0, 0.05) is 24.3 Å². The monoisotopic (exact) mass is 528 g/mol. The Morgan fingerprint density at radius 3 is 2.60 bits per heavy atom. The molecule has 2 heterocycles. The van der Waals surface area contributed by atoms with Crippen LogP contribution in [0.3, 0.4) is 0 Å². The zero-order valence-corrected chi connectivity index (χ0v) is 20.8. The van der Waals surface area contributed by atoms with Crippen LogP contribution in [0.15, 0.2) is 30.3 Å². The van der Waals surface area contributed by atoms with Gasteiger partial charge in [-0.2, -0.15) is 0 Å². The highest BCUT2D eigenvalue weighted by atomic mass is 35.5. The van der Waals surface area contributed by atoms with E-state index < -0.39 is 24.3 Å².